The Morgan fingerprint density at radius 1 is 1.62 bits per heavy atom. The molecule has 0 fully saturated rings. The van der Waals surface area contributed by atoms with Gasteiger partial charge in [0.2, 0.25) is 0 Å². The SMILES string of the molecule is CNCC#Cc1c[nH]c(=O)c([N+](=O)[O-])c1C. The van der Waals surface area contributed by atoms with Gasteiger partial charge in [-0.1, -0.05) is 11.8 Å². The molecule has 0 amide bonds. The van der Waals surface area contributed by atoms with Crippen molar-refractivity contribution in [2.75, 3.05) is 13.6 Å². The summed E-state index contributed by atoms with van der Waals surface area (Å²) in [6.45, 7) is 1.99. The predicted molar refractivity (Wildman–Crippen MR) is 59.3 cm³/mol. The van der Waals surface area contributed by atoms with Crippen molar-refractivity contribution < 1.29 is 4.92 Å². The average molecular weight is 221 g/mol. The van der Waals surface area contributed by atoms with E-state index in [0.29, 0.717) is 12.1 Å². The number of nitrogens with zero attached hydrogens (tertiary/aromatic N) is 1. The van der Waals surface area contributed by atoms with E-state index in [0.717, 1.165) is 0 Å². The zero-order chi connectivity index (χ0) is 12.1. The van der Waals surface area contributed by atoms with Gasteiger partial charge in [-0.3, -0.25) is 14.9 Å². The summed E-state index contributed by atoms with van der Waals surface area (Å²) >= 11 is 0. The number of rotatable bonds is 2. The lowest BCUT2D eigenvalue weighted by molar-refractivity contribution is -0.386. The maximum absolute atomic E-state index is 11.2. The Morgan fingerprint density at radius 2 is 2.31 bits per heavy atom. The van der Waals surface area contributed by atoms with E-state index in [4.69, 9.17) is 0 Å². The van der Waals surface area contributed by atoms with Crippen LogP contribution in [0.5, 0.6) is 0 Å². The molecule has 1 aromatic heterocycles. The van der Waals surface area contributed by atoms with E-state index >= 15 is 0 Å². The van der Waals surface area contributed by atoms with E-state index in [-0.39, 0.29) is 5.56 Å². The molecule has 84 valence electrons. The summed E-state index contributed by atoms with van der Waals surface area (Å²) in [5, 5.41) is 13.5. The Bertz CT molecular complexity index is 522. The van der Waals surface area contributed by atoms with Crippen molar-refractivity contribution in [1.82, 2.24) is 10.3 Å². The van der Waals surface area contributed by atoms with Gasteiger partial charge in [-0.15, -0.1) is 0 Å². The van der Waals surface area contributed by atoms with E-state index < -0.39 is 16.2 Å². The minimum absolute atomic E-state index is 0.289. The number of nitro groups is 1. The lowest BCUT2D eigenvalue weighted by atomic mass is 10.1. The topological polar surface area (TPSA) is 88.0 Å². The number of hydrogen-bond acceptors (Lipinski definition) is 4. The molecule has 6 nitrogen and oxygen atoms in total. The summed E-state index contributed by atoms with van der Waals surface area (Å²) in [5.41, 5.74) is -0.406. The van der Waals surface area contributed by atoms with Crippen LogP contribution in [-0.2, 0) is 0 Å². The molecule has 1 aromatic rings. The third-order valence-corrected chi connectivity index (χ3v) is 1.99. The van der Waals surface area contributed by atoms with Gasteiger partial charge < -0.3 is 10.3 Å². The second kappa shape index (κ2) is 5.09. The maximum atomic E-state index is 11.2. The van der Waals surface area contributed by atoms with Gasteiger partial charge >= 0.3 is 11.2 Å². The summed E-state index contributed by atoms with van der Waals surface area (Å²) in [6.07, 6.45) is 1.38. The number of aromatic nitrogens is 1. The second-order valence-electron chi connectivity index (χ2n) is 3.09. The molecule has 0 radical (unpaired) electrons. The Morgan fingerprint density at radius 3 is 2.88 bits per heavy atom. The molecule has 0 saturated carbocycles. The van der Waals surface area contributed by atoms with Crippen molar-refractivity contribution in [1.29, 1.82) is 0 Å². The molecule has 16 heavy (non-hydrogen) atoms. The van der Waals surface area contributed by atoms with Crippen molar-refractivity contribution in [3.63, 3.8) is 0 Å². The minimum atomic E-state index is -0.707. The molecule has 0 aliphatic carbocycles. The first-order valence-corrected chi connectivity index (χ1v) is 4.58. The fraction of sp³-hybridized carbons (Fsp3) is 0.300. The van der Waals surface area contributed by atoms with Crippen LogP contribution in [0.4, 0.5) is 5.69 Å². The highest BCUT2D eigenvalue weighted by atomic mass is 16.6. The first-order chi connectivity index (χ1) is 7.57. The fourth-order valence-electron chi connectivity index (χ4n) is 1.19. The number of H-pyrrole nitrogens is 1. The van der Waals surface area contributed by atoms with Gasteiger partial charge in [0.1, 0.15) is 0 Å². The van der Waals surface area contributed by atoms with Crippen molar-refractivity contribution in [3.8, 4) is 11.8 Å². The molecule has 0 unspecified atom stereocenters. The standard InChI is InChI=1S/C10H11N3O3/c1-7-8(4-3-5-11-2)6-12-10(14)9(7)13(15)16/h6,11H,5H2,1-2H3,(H,12,14). The molecular weight excluding hydrogens is 210 g/mol. The molecular formula is C10H11N3O3. The Labute approximate surface area is 91.8 Å². The van der Waals surface area contributed by atoms with Crippen LogP contribution in [-0.4, -0.2) is 23.5 Å². The maximum Gasteiger partial charge on any atom is 0.337 e. The molecule has 0 saturated heterocycles. The molecule has 2 N–H and O–H groups in total. The van der Waals surface area contributed by atoms with Gasteiger partial charge in [0, 0.05) is 11.8 Å². The Hall–Kier alpha value is -2.13. The predicted octanol–water partition coefficient (Wildman–Crippen LogP) is 0.162. The van der Waals surface area contributed by atoms with Crippen LogP contribution < -0.4 is 10.9 Å². The third kappa shape index (κ3) is 2.46. The molecule has 6 heteroatoms. The fourth-order valence-corrected chi connectivity index (χ4v) is 1.19. The summed E-state index contributed by atoms with van der Waals surface area (Å²) in [5.74, 6) is 5.52. The van der Waals surface area contributed by atoms with Crippen molar-refractivity contribution in [3.05, 3.63) is 37.8 Å². The van der Waals surface area contributed by atoms with Gasteiger partial charge in [-0.25, -0.2) is 0 Å². The molecule has 0 aromatic carbocycles. The molecule has 0 bridgehead atoms. The third-order valence-electron chi connectivity index (χ3n) is 1.99. The van der Waals surface area contributed by atoms with E-state index in [1.165, 1.54) is 13.1 Å². The highest BCUT2D eigenvalue weighted by Gasteiger charge is 2.18. The summed E-state index contributed by atoms with van der Waals surface area (Å²) < 4.78 is 0. The van der Waals surface area contributed by atoms with Gasteiger partial charge in [-0.05, 0) is 14.0 Å². The zero-order valence-electron chi connectivity index (χ0n) is 8.96. The van der Waals surface area contributed by atoms with Crippen molar-refractivity contribution in [2.24, 2.45) is 0 Å². The molecule has 0 aliphatic rings. The first-order valence-electron chi connectivity index (χ1n) is 4.58. The number of aromatic amines is 1. The van der Waals surface area contributed by atoms with Crippen LogP contribution in [0, 0.1) is 28.9 Å². The van der Waals surface area contributed by atoms with E-state index in [9.17, 15) is 14.9 Å². The van der Waals surface area contributed by atoms with Crippen LogP contribution in [0.2, 0.25) is 0 Å². The van der Waals surface area contributed by atoms with Crippen molar-refractivity contribution in [2.45, 2.75) is 6.92 Å². The zero-order valence-corrected chi connectivity index (χ0v) is 8.96. The van der Waals surface area contributed by atoms with Gasteiger partial charge in [0.25, 0.3) is 0 Å². The van der Waals surface area contributed by atoms with E-state index in [1.807, 2.05) is 0 Å². The largest absolute Gasteiger partial charge is 0.337 e. The molecule has 1 rings (SSSR count). The normalized spacial score (nSPS) is 9.38. The van der Waals surface area contributed by atoms with Gasteiger partial charge in [0.15, 0.2) is 0 Å². The summed E-state index contributed by atoms with van der Waals surface area (Å²) in [4.78, 5) is 23.5. The molecule has 0 aliphatic heterocycles. The number of hydrogen-bond donors (Lipinski definition) is 2. The van der Waals surface area contributed by atoms with Crippen LogP contribution in [0.25, 0.3) is 0 Å². The lowest BCUT2D eigenvalue weighted by Gasteiger charge is -1.98. The molecule has 1 heterocycles. The smallest absolute Gasteiger partial charge is 0.322 e. The van der Waals surface area contributed by atoms with E-state index in [2.05, 4.69) is 22.1 Å². The second-order valence-corrected chi connectivity index (χ2v) is 3.09. The van der Waals surface area contributed by atoms with Crippen LogP contribution in [0.15, 0.2) is 11.0 Å². The van der Waals surface area contributed by atoms with Crippen LogP contribution >= 0.6 is 0 Å². The van der Waals surface area contributed by atoms with Crippen LogP contribution in [0.1, 0.15) is 11.1 Å². The highest BCUT2D eigenvalue weighted by molar-refractivity contribution is 5.49. The van der Waals surface area contributed by atoms with Gasteiger partial charge in [0.05, 0.1) is 17.0 Å². The summed E-state index contributed by atoms with van der Waals surface area (Å²) in [7, 11) is 1.75. The number of nitrogens with one attached hydrogen (secondary N) is 2. The number of pyridine rings is 1. The molecule has 0 atom stereocenters. The highest BCUT2D eigenvalue weighted by Crippen LogP contribution is 2.14. The van der Waals surface area contributed by atoms with Crippen molar-refractivity contribution >= 4 is 5.69 Å². The summed E-state index contributed by atoms with van der Waals surface area (Å²) in [6, 6.07) is 0. The quantitative estimate of drug-likeness (QED) is 0.423. The van der Waals surface area contributed by atoms with E-state index in [1.54, 1.807) is 7.05 Å². The molecule has 0 spiro atoms. The average Bonchev–Trinajstić information content (AvgIpc) is 2.21. The Kier molecular flexibility index (Phi) is 3.80. The monoisotopic (exact) mass is 221 g/mol. The Balaban J connectivity index is 3.26. The minimum Gasteiger partial charge on any atom is -0.322 e. The van der Waals surface area contributed by atoms with Gasteiger partial charge in [-0.2, -0.15) is 0 Å². The first kappa shape index (κ1) is 11.9. The lowest BCUT2D eigenvalue weighted by Crippen LogP contribution is -2.14. The van der Waals surface area contributed by atoms with Crippen LogP contribution in [0.3, 0.4) is 0 Å².